The Morgan fingerprint density at radius 1 is 1.15 bits per heavy atom. The molecule has 2 aromatic carbocycles. The summed E-state index contributed by atoms with van der Waals surface area (Å²) in [5, 5.41) is 15.8. The first-order chi connectivity index (χ1) is 12.4. The second kappa shape index (κ2) is 7.23. The molecule has 0 radical (unpaired) electrons. The van der Waals surface area contributed by atoms with E-state index in [2.05, 4.69) is 10.6 Å². The molecule has 1 atom stereocenters. The maximum atomic E-state index is 12.0. The molecule has 0 aromatic heterocycles. The molecular formula is C18H17ClN2O5. The lowest BCUT2D eigenvalue weighted by atomic mass is 9.95. The first-order valence-electron chi connectivity index (χ1n) is 7.83. The van der Waals surface area contributed by atoms with Gasteiger partial charge < -0.3 is 25.2 Å². The van der Waals surface area contributed by atoms with Gasteiger partial charge in [0.2, 0.25) is 6.79 Å². The van der Waals surface area contributed by atoms with Crippen LogP contribution in [0, 0.1) is 0 Å². The van der Waals surface area contributed by atoms with Crippen molar-refractivity contribution < 1.29 is 24.2 Å². The van der Waals surface area contributed by atoms with E-state index in [1.807, 2.05) is 0 Å². The Hall–Kier alpha value is -2.77. The number of benzene rings is 2. The maximum absolute atomic E-state index is 12.0. The van der Waals surface area contributed by atoms with Gasteiger partial charge in [-0.2, -0.15) is 0 Å². The molecule has 3 N–H and O–H groups in total. The molecular weight excluding hydrogens is 360 g/mol. The topological polar surface area (TPSA) is 96.9 Å². The summed E-state index contributed by atoms with van der Waals surface area (Å²) in [5.74, 6) is -0.649. The number of hydrogen-bond donors (Lipinski definition) is 3. The molecule has 0 saturated carbocycles. The summed E-state index contributed by atoms with van der Waals surface area (Å²) in [5.41, 5.74) is -0.549. The zero-order valence-electron chi connectivity index (χ0n) is 13.9. The van der Waals surface area contributed by atoms with Gasteiger partial charge in [-0.25, -0.2) is 0 Å². The van der Waals surface area contributed by atoms with E-state index in [4.69, 9.17) is 21.1 Å². The van der Waals surface area contributed by atoms with E-state index >= 15 is 0 Å². The SMILES string of the molecule is C[C@@](O)(CNC(=O)C(=O)Nc1ccccc1Cl)c1ccc2c(c1)OCO2. The zero-order chi connectivity index (χ0) is 18.7. The fourth-order valence-electron chi connectivity index (χ4n) is 2.41. The molecule has 2 aromatic rings. The number of carbonyl (C=O) groups is 2. The van der Waals surface area contributed by atoms with Crippen LogP contribution in [0.25, 0.3) is 0 Å². The molecule has 0 spiro atoms. The van der Waals surface area contributed by atoms with Gasteiger partial charge in [0.1, 0.15) is 5.60 Å². The smallest absolute Gasteiger partial charge is 0.313 e. The lowest BCUT2D eigenvalue weighted by Crippen LogP contribution is -2.43. The van der Waals surface area contributed by atoms with E-state index in [1.165, 1.54) is 6.92 Å². The van der Waals surface area contributed by atoms with Crippen LogP contribution >= 0.6 is 11.6 Å². The van der Waals surface area contributed by atoms with Crippen LogP contribution in [0.3, 0.4) is 0 Å². The molecule has 7 nitrogen and oxygen atoms in total. The van der Waals surface area contributed by atoms with Crippen molar-refractivity contribution in [3.8, 4) is 11.5 Å². The molecule has 0 fully saturated rings. The molecule has 26 heavy (non-hydrogen) atoms. The van der Waals surface area contributed by atoms with Crippen LogP contribution in [0.1, 0.15) is 12.5 Å². The van der Waals surface area contributed by atoms with Gasteiger partial charge in [-0.15, -0.1) is 0 Å². The fourth-order valence-corrected chi connectivity index (χ4v) is 2.59. The Labute approximate surface area is 154 Å². The van der Waals surface area contributed by atoms with Gasteiger partial charge in [-0.3, -0.25) is 9.59 Å². The van der Waals surface area contributed by atoms with E-state index in [9.17, 15) is 14.7 Å². The normalized spacial score (nSPS) is 14.4. The van der Waals surface area contributed by atoms with Gasteiger partial charge in [0.05, 0.1) is 17.3 Å². The number of anilines is 1. The molecule has 136 valence electrons. The number of aliphatic hydroxyl groups is 1. The maximum Gasteiger partial charge on any atom is 0.313 e. The summed E-state index contributed by atoms with van der Waals surface area (Å²) in [6.45, 7) is 1.48. The van der Waals surface area contributed by atoms with Crippen molar-refractivity contribution in [3.05, 3.63) is 53.1 Å². The third-order valence-electron chi connectivity index (χ3n) is 3.92. The Morgan fingerprint density at radius 2 is 1.88 bits per heavy atom. The van der Waals surface area contributed by atoms with Crippen molar-refractivity contribution in [1.29, 1.82) is 0 Å². The summed E-state index contributed by atoms with van der Waals surface area (Å²) in [4.78, 5) is 24.0. The third-order valence-corrected chi connectivity index (χ3v) is 4.25. The molecule has 2 amide bonds. The average molecular weight is 377 g/mol. The summed E-state index contributed by atoms with van der Waals surface area (Å²) in [6, 6.07) is 11.6. The monoisotopic (exact) mass is 376 g/mol. The van der Waals surface area contributed by atoms with E-state index in [1.54, 1.807) is 42.5 Å². The molecule has 3 rings (SSSR count). The highest BCUT2D eigenvalue weighted by Crippen LogP contribution is 2.35. The standard InChI is InChI=1S/C18H17ClN2O5/c1-18(24,11-6-7-14-15(8-11)26-10-25-14)9-20-16(22)17(23)21-13-5-3-2-4-12(13)19/h2-8,24H,9-10H2,1H3,(H,20,22)(H,21,23)/t18-/m1/s1. The summed E-state index contributed by atoms with van der Waals surface area (Å²) in [7, 11) is 0. The van der Waals surface area contributed by atoms with Crippen molar-refractivity contribution in [1.82, 2.24) is 5.32 Å². The van der Waals surface area contributed by atoms with E-state index in [0.717, 1.165) is 0 Å². The summed E-state index contributed by atoms with van der Waals surface area (Å²) in [6.07, 6.45) is 0. The number of halogens is 1. The molecule has 0 bridgehead atoms. The van der Waals surface area contributed by atoms with Crippen LogP contribution in [-0.2, 0) is 15.2 Å². The molecule has 1 aliphatic rings. The highest BCUT2D eigenvalue weighted by Gasteiger charge is 2.28. The van der Waals surface area contributed by atoms with Gasteiger partial charge in [0.15, 0.2) is 11.5 Å². The van der Waals surface area contributed by atoms with Gasteiger partial charge in [0.25, 0.3) is 0 Å². The summed E-state index contributed by atoms with van der Waals surface area (Å²) < 4.78 is 10.5. The largest absolute Gasteiger partial charge is 0.454 e. The van der Waals surface area contributed by atoms with Crippen LogP contribution < -0.4 is 20.1 Å². The van der Waals surface area contributed by atoms with Crippen LogP contribution in [0.15, 0.2) is 42.5 Å². The number of para-hydroxylation sites is 1. The number of rotatable bonds is 4. The highest BCUT2D eigenvalue weighted by molar-refractivity contribution is 6.41. The van der Waals surface area contributed by atoms with Crippen LogP contribution in [0.4, 0.5) is 5.69 Å². The minimum Gasteiger partial charge on any atom is -0.454 e. The highest BCUT2D eigenvalue weighted by atomic mass is 35.5. The number of amides is 2. The number of fused-ring (bicyclic) bond motifs is 1. The molecule has 0 saturated heterocycles. The molecule has 0 aliphatic carbocycles. The number of ether oxygens (including phenoxy) is 2. The van der Waals surface area contributed by atoms with Crippen LogP contribution in [0.5, 0.6) is 11.5 Å². The van der Waals surface area contributed by atoms with E-state index < -0.39 is 17.4 Å². The predicted molar refractivity (Wildman–Crippen MR) is 95.2 cm³/mol. The molecule has 1 heterocycles. The Balaban J connectivity index is 1.61. The van der Waals surface area contributed by atoms with Gasteiger partial charge in [0, 0.05) is 0 Å². The van der Waals surface area contributed by atoms with Crippen molar-refractivity contribution in [2.75, 3.05) is 18.7 Å². The molecule has 0 unspecified atom stereocenters. The lowest BCUT2D eigenvalue weighted by molar-refractivity contribution is -0.136. The van der Waals surface area contributed by atoms with Crippen LogP contribution in [0.2, 0.25) is 5.02 Å². The van der Waals surface area contributed by atoms with Crippen molar-refractivity contribution in [2.24, 2.45) is 0 Å². The van der Waals surface area contributed by atoms with E-state index in [-0.39, 0.29) is 13.3 Å². The number of hydrogen-bond acceptors (Lipinski definition) is 5. The van der Waals surface area contributed by atoms with Gasteiger partial charge in [-0.1, -0.05) is 29.8 Å². The van der Waals surface area contributed by atoms with Gasteiger partial charge >= 0.3 is 11.8 Å². The van der Waals surface area contributed by atoms with Crippen molar-refractivity contribution in [2.45, 2.75) is 12.5 Å². The molecule has 1 aliphatic heterocycles. The fraction of sp³-hybridized carbons (Fsp3) is 0.222. The number of carbonyl (C=O) groups excluding carboxylic acids is 2. The predicted octanol–water partition coefficient (Wildman–Crippen LogP) is 2.03. The van der Waals surface area contributed by atoms with E-state index in [0.29, 0.717) is 27.8 Å². The first kappa shape index (κ1) is 18.0. The first-order valence-corrected chi connectivity index (χ1v) is 8.21. The number of nitrogens with one attached hydrogen (secondary N) is 2. The zero-order valence-corrected chi connectivity index (χ0v) is 14.7. The van der Waals surface area contributed by atoms with Crippen LogP contribution in [-0.4, -0.2) is 30.3 Å². The minimum atomic E-state index is -1.40. The van der Waals surface area contributed by atoms with Gasteiger partial charge in [-0.05, 0) is 36.8 Å². The minimum absolute atomic E-state index is 0.125. The average Bonchev–Trinajstić information content (AvgIpc) is 3.09. The quantitative estimate of drug-likeness (QED) is 0.709. The second-order valence-corrected chi connectivity index (χ2v) is 6.37. The van der Waals surface area contributed by atoms with Crippen molar-refractivity contribution >= 4 is 29.1 Å². The summed E-state index contributed by atoms with van der Waals surface area (Å²) >= 11 is 5.94. The third kappa shape index (κ3) is 3.89. The van der Waals surface area contributed by atoms with Crippen molar-refractivity contribution in [3.63, 3.8) is 0 Å². The molecule has 8 heteroatoms. The second-order valence-electron chi connectivity index (χ2n) is 5.96. The Morgan fingerprint density at radius 3 is 2.65 bits per heavy atom. The Bertz CT molecular complexity index is 853. The Kier molecular flexibility index (Phi) is 5.01. The lowest BCUT2D eigenvalue weighted by Gasteiger charge is -2.24.